The van der Waals surface area contributed by atoms with E-state index in [0.717, 1.165) is 36.2 Å². The second-order valence-electron chi connectivity index (χ2n) is 9.37. The number of methoxy groups -OCH3 is 2. The summed E-state index contributed by atoms with van der Waals surface area (Å²) in [5, 5.41) is 3.05. The van der Waals surface area contributed by atoms with E-state index in [-0.39, 0.29) is 24.2 Å². The van der Waals surface area contributed by atoms with E-state index in [1.54, 1.807) is 25.1 Å². The van der Waals surface area contributed by atoms with Gasteiger partial charge in [0.25, 0.3) is 0 Å². The third kappa shape index (κ3) is 7.37. The molecule has 1 N–H and O–H groups in total. The number of sulfonamides is 1. The smallest absolute Gasteiger partial charge is 0.244 e. The molecule has 1 unspecified atom stereocenters. The van der Waals surface area contributed by atoms with Crippen molar-refractivity contribution in [3.8, 4) is 11.5 Å². The number of hydrogen-bond acceptors (Lipinski definition) is 6. The Kier molecular flexibility index (Phi) is 9.96. The first-order valence-corrected chi connectivity index (χ1v) is 14.5. The number of benzene rings is 2. The van der Waals surface area contributed by atoms with Gasteiger partial charge < -0.3 is 19.7 Å². The molecule has 0 bridgehead atoms. The molecule has 0 heterocycles. The lowest BCUT2D eigenvalue weighted by molar-refractivity contribution is -0.140. The number of hydrogen-bond donors (Lipinski definition) is 1. The standard InChI is InChI=1S/C27H36FN3O6S/c1-5-23(27(33)29-21-8-6-7-9-21)30(17-19-10-12-20(28)13-11-19)26(32)18-31(38(4,34)35)22-14-15-24(36-2)25(16-22)37-3/h10-16,21,23H,5-9,17-18H2,1-4H3,(H,29,33). The zero-order chi connectivity index (χ0) is 27.9. The molecule has 0 aliphatic heterocycles. The highest BCUT2D eigenvalue weighted by Gasteiger charge is 2.33. The van der Waals surface area contributed by atoms with Gasteiger partial charge in [0, 0.05) is 18.7 Å². The molecule has 1 fully saturated rings. The summed E-state index contributed by atoms with van der Waals surface area (Å²) >= 11 is 0. The highest BCUT2D eigenvalue weighted by molar-refractivity contribution is 7.92. The summed E-state index contributed by atoms with van der Waals surface area (Å²) in [6.07, 6.45) is 5.17. The normalized spacial score (nSPS) is 14.6. The van der Waals surface area contributed by atoms with Crippen molar-refractivity contribution in [3.05, 3.63) is 53.8 Å². The molecule has 2 amide bonds. The van der Waals surface area contributed by atoms with Gasteiger partial charge in [-0.1, -0.05) is 31.9 Å². The minimum atomic E-state index is -3.90. The largest absolute Gasteiger partial charge is 0.493 e. The van der Waals surface area contributed by atoms with Crippen LogP contribution in [0.2, 0.25) is 0 Å². The lowest BCUT2D eigenvalue weighted by Crippen LogP contribution is -2.53. The Morgan fingerprint density at radius 1 is 1.05 bits per heavy atom. The number of nitrogens with one attached hydrogen (secondary N) is 1. The first kappa shape index (κ1) is 29.2. The van der Waals surface area contributed by atoms with Gasteiger partial charge in [0.2, 0.25) is 21.8 Å². The van der Waals surface area contributed by atoms with Crippen LogP contribution in [-0.2, 0) is 26.2 Å². The van der Waals surface area contributed by atoms with Crippen molar-refractivity contribution in [3.63, 3.8) is 0 Å². The Balaban J connectivity index is 1.94. The quantitative estimate of drug-likeness (QED) is 0.435. The third-order valence-electron chi connectivity index (χ3n) is 6.69. The summed E-state index contributed by atoms with van der Waals surface area (Å²) in [6, 6.07) is 9.41. The highest BCUT2D eigenvalue weighted by atomic mass is 32.2. The maximum absolute atomic E-state index is 13.8. The molecule has 208 valence electrons. The second kappa shape index (κ2) is 12.9. The SMILES string of the molecule is CCC(C(=O)NC1CCCC1)N(Cc1ccc(F)cc1)C(=O)CN(c1ccc(OC)c(OC)c1)S(C)(=O)=O. The van der Waals surface area contributed by atoms with Crippen LogP contribution in [0.4, 0.5) is 10.1 Å². The molecule has 1 saturated carbocycles. The van der Waals surface area contributed by atoms with Gasteiger partial charge >= 0.3 is 0 Å². The lowest BCUT2D eigenvalue weighted by Gasteiger charge is -2.33. The molecule has 3 rings (SSSR count). The van der Waals surface area contributed by atoms with E-state index in [9.17, 15) is 22.4 Å². The van der Waals surface area contributed by atoms with Crippen LogP contribution in [0.3, 0.4) is 0 Å². The van der Waals surface area contributed by atoms with Crippen molar-refractivity contribution in [1.29, 1.82) is 0 Å². The van der Waals surface area contributed by atoms with E-state index in [0.29, 0.717) is 23.5 Å². The molecular weight excluding hydrogens is 513 g/mol. The van der Waals surface area contributed by atoms with E-state index >= 15 is 0 Å². The summed E-state index contributed by atoms with van der Waals surface area (Å²) in [4.78, 5) is 28.4. The van der Waals surface area contributed by atoms with Crippen LogP contribution >= 0.6 is 0 Å². The average Bonchev–Trinajstić information content (AvgIpc) is 3.40. The van der Waals surface area contributed by atoms with Crippen LogP contribution in [0.5, 0.6) is 11.5 Å². The number of ether oxygens (including phenoxy) is 2. The molecule has 1 aliphatic rings. The number of amides is 2. The Morgan fingerprint density at radius 3 is 2.24 bits per heavy atom. The number of halogens is 1. The molecule has 11 heteroatoms. The second-order valence-corrected chi connectivity index (χ2v) is 11.3. The van der Waals surface area contributed by atoms with E-state index in [1.807, 2.05) is 0 Å². The fraction of sp³-hybridized carbons (Fsp3) is 0.481. The number of carbonyl (C=O) groups is 2. The van der Waals surface area contributed by atoms with Gasteiger partial charge in [-0.25, -0.2) is 12.8 Å². The molecule has 0 saturated heterocycles. The number of anilines is 1. The van der Waals surface area contributed by atoms with E-state index in [1.165, 1.54) is 43.4 Å². The Hall–Kier alpha value is -3.34. The van der Waals surface area contributed by atoms with E-state index in [4.69, 9.17) is 9.47 Å². The number of rotatable bonds is 12. The molecule has 9 nitrogen and oxygen atoms in total. The van der Waals surface area contributed by atoms with Crippen molar-refractivity contribution in [2.45, 2.75) is 57.7 Å². The van der Waals surface area contributed by atoms with Gasteiger partial charge in [-0.05, 0) is 49.1 Å². The van der Waals surface area contributed by atoms with Crippen LogP contribution in [0, 0.1) is 5.82 Å². The summed E-state index contributed by atoms with van der Waals surface area (Å²) in [7, 11) is -1.01. The summed E-state index contributed by atoms with van der Waals surface area (Å²) in [5.74, 6) is -0.565. The van der Waals surface area contributed by atoms with Crippen LogP contribution in [0.15, 0.2) is 42.5 Å². The monoisotopic (exact) mass is 549 g/mol. The van der Waals surface area contributed by atoms with Gasteiger partial charge in [0.1, 0.15) is 18.4 Å². The molecule has 38 heavy (non-hydrogen) atoms. The Morgan fingerprint density at radius 2 is 1.68 bits per heavy atom. The van der Waals surface area contributed by atoms with Crippen LogP contribution in [0.1, 0.15) is 44.6 Å². The van der Waals surface area contributed by atoms with Gasteiger partial charge in [-0.3, -0.25) is 13.9 Å². The molecular formula is C27H36FN3O6S. The fourth-order valence-electron chi connectivity index (χ4n) is 4.67. The fourth-order valence-corrected chi connectivity index (χ4v) is 5.51. The molecule has 0 radical (unpaired) electrons. The van der Waals surface area contributed by atoms with Crippen LogP contribution < -0.4 is 19.1 Å². The Bertz CT molecular complexity index is 1220. The maximum atomic E-state index is 13.8. The summed E-state index contributed by atoms with van der Waals surface area (Å²) < 4.78 is 50.7. The summed E-state index contributed by atoms with van der Waals surface area (Å²) in [5.41, 5.74) is 0.826. The van der Waals surface area contributed by atoms with Crippen molar-refractivity contribution in [1.82, 2.24) is 10.2 Å². The maximum Gasteiger partial charge on any atom is 0.244 e. The highest BCUT2D eigenvalue weighted by Crippen LogP contribution is 2.32. The third-order valence-corrected chi connectivity index (χ3v) is 7.83. The van der Waals surface area contributed by atoms with Crippen molar-refractivity contribution in [2.75, 3.05) is 31.3 Å². The molecule has 0 spiro atoms. The van der Waals surface area contributed by atoms with Gasteiger partial charge in [0.15, 0.2) is 11.5 Å². The zero-order valence-electron chi connectivity index (χ0n) is 22.3. The predicted molar refractivity (Wildman–Crippen MR) is 143 cm³/mol. The molecule has 1 aliphatic carbocycles. The van der Waals surface area contributed by atoms with E-state index < -0.39 is 34.3 Å². The molecule has 0 aromatic heterocycles. The van der Waals surface area contributed by atoms with Gasteiger partial charge in [-0.15, -0.1) is 0 Å². The van der Waals surface area contributed by atoms with Gasteiger partial charge in [-0.2, -0.15) is 0 Å². The van der Waals surface area contributed by atoms with Crippen molar-refractivity contribution < 1.29 is 31.9 Å². The topological polar surface area (TPSA) is 105 Å². The number of carbonyl (C=O) groups excluding carboxylic acids is 2. The van der Waals surface area contributed by atoms with E-state index in [2.05, 4.69) is 5.32 Å². The zero-order valence-corrected chi connectivity index (χ0v) is 23.1. The molecule has 2 aromatic rings. The van der Waals surface area contributed by atoms with Crippen molar-refractivity contribution in [2.24, 2.45) is 0 Å². The lowest BCUT2D eigenvalue weighted by atomic mass is 10.1. The minimum absolute atomic E-state index is 0.0131. The predicted octanol–water partition coefficient (Wildman–Crippen LogP) is 3.48. The Labute approximate surface area is 224 Å². The van der Waals surface area contributed by atoms with Gasteiger partial charge in [0.05, 0.1) is 26.2 Å². The first-order chi connectivity index (χ1) is 18.1. The van der Waals surface area contributed by atoms with Crippen molar-refractivity contribution >= 4 is 27.5 Å². The molecule has 1 atom stereocenters. The first-order valence-electron chi connectivity index (χ1n) is 12.6. The summed E-state index contributed by atoms with van der Waals surface area (Å²) in [6.45, 7) is 1.27. The minimum Gasteiger partial charge on any atom is -0.493 e. The van der Waals surface area contributed by atoms with Crippen LogP contribution in [-0.4, -0.2) is 64.2 Å². The number of nitrogens with zero attached hydrogens (tertiary/aromatic N) is 2. The molecule has 2 aromatic carbocycles. The average molecular weight is 550 g/mol. The van der Waals surface area contributed by atoms with Crippen LogP contribution in [0.25, 0.3) is 0 Å².